The van der Waals surface area contributed by atoms with Gasteiger partial charge in [0.05, 0.1) is 24.5 Å². The van der Waals surface area contributed by atoms with Gasteiger partial charge in [0, 0.05) is 33.2 Å². The highest BCUT2D eigenvalue weighted by atomic mass is 19.1. The van der Waals surface area contributed by atoms with Gasteiger partial charge in [-0.1, -0.05) is 0 Å². The Morgan fingerprint density at radius 3 is 2.44 bits per heavy atom. The molecule has 1 atom stereocenters. The van der Waals surface area contributed by atoms with Crippen LogP contribution in [0, 0.1) is 5.82 Å². The lowest BCUT2D eigenvalue weighted by molar-refractivity contribution is -0.134. The maximum Gasteiger partial charge on any atom is 0.414 e. The van der Waals surface area contributed by atoms with E-state index in [1.54, 1.807) is 42.7 Å². The monoisotopic (exact) mass is 509 g/mol. The zero-order chi connectivity index (χ0) is 26.5. The average molecular weight is 510 g/mol. The number of ether oxygens (including phenoxy) is 3. The fourth-order valence-electron chi connectivity index (χ4n) is 3.76. The van der Waals surface area contributed by atoms with E-state index in [-0.39, 0.29) is 25.6 Å². The van der Waals surface area contributed by atoms with Crippen molar-refractivity contribution in [3.05, 3.63) is 24.0 Å². The zero-order valence-electron chi connectivity index (χ0n) is 20.8. The Labute approximate surface area is 208 Å². The van der Waals surface area contributed by atoms with E-state index >= 15 is 0 Å². The topological polar surface area (TPSA) is 130 Å². The number of carbonyl (C=O) groups is 4. The Kier molecular flexibility index (Phi) is 8.43. The van der Waals surface area contributed by atoms with E-state index in [1.807, 2.05) is 0 Å². The maximum absolute atomic E-state index is 15.0. The first-order valence-electron chi connectivity index (χ1n) is 11.6. The molecule has 0 aliphatic carbocycles. The number of cyclic esters (lactones) is 1. The molecule has 4 amide bonds. The maximum atomic E-state index is 15.0. The van der Waals surface area contributed by atoms with Crippen molar-refractivity contribution in [3.63, 3.8) is 0 Å². The molecule has 2 aliphatic heterocycles. The number of rotatable bonds is 6. The van der Waals surface area contributed by atoms with Crippen LogP contribution in [0.1, 0.15) is 20.8 Å². The van der Waals surface area contributed by atoms with Crippen molar-refractivity contribution >= 4 is 35.6 Å². The van der Waals surface area contributed by atoms with Gasteiger partial charge in [-0.3, -0.25) is 9.69 Å². The van der Waals surface area contributed by atoms with Crippen LogP contribution < -0.4 is 20.4 Å². The van der Waals surface area contributed by atoms with Crippen molar-refractivity contribution in [2.24, 2.45) is 0 Å². The lowest BCUT2D eigenvalue weighted by Gasteiger charge is -2.36. The fraction of sp³-hybridized carbons (Fsp3) is 0.565. The minimum Gasteiger partial charge on any atom is -0.444 e. The summed E-state index contributed by atoms with van der Waals surface area (Å²) >= 11 is 0. The first-order chi connectivity index (χ1) is 17.0. The predicted molar refractivity (Wildman–Crippen MR) is 127 cm³/mol. The van der Waals surface area contributed by atoms with Crippen LogP contribution in [0.5, 0.6) is 0 Å². The van der Waals surface area contributed by atoms with Crippen molar-refractivity contribution in [2.45, 2.75) is 32.5 Å². The molecule has 2 fully saturated rings. The molecular formula is C23H32FN5O7. The third-order valence-corrected chi connectivity index (χ3v) is 5.49. The Morgan fingerprint density at radius 1 is 1.14 bits per heavy atom. The normalized spacial score (nSPS) is 18.0. The van der Waals surface area contributed by atoms with E-state index in [4.69, 9.17) is 14.2 Å². The molecule has 36 heavy (non-hydrogen) atoms. The molecule has 2 heterocycles. The highest BCUT2D eigenvalue weighted by Gasteiger charge is 2.33. The second-order valence-corrected chi connectivity index (χ2v) is 9.33. The first-order valence-corrected chi connectivity index (χ1v) is 11.6. The Hall–Kier alpha value is -3.77. The average Bonchev–Trinajstić information content (AvgIpc) is 3.20. The number of halogens is 1. The number of amides is 4. The van der Waals surface area contributed by atoms with Gasteiger partial charge >= 0.3 is 18.3 Å². The molecule has 2 N–H and O–H groups in total. The summed E-state index contributed by atoms with van der Waals surface area (Å²) in [5.74, 6) is -0.837. The molecule has 2 saturated heterocycles. The third kappa shape index (κ3) is 7.12. The quantitative estimate of drug-likeness (QED) is 0.554. The number of hydrogen-bond donors (Lipinski definition) is 2. The molecular weight excluding hydrogens is 477 g/mol. The van der Waals surface area contributed by atoms with Crippen LogP contribution in [0.25, 0.3) is 0 Å². The standard InChI is InChI=1S/C23H32FN5O7/c1-23(2,3)36-21(32)26-12-16-13-29(22(33)35-16)15-5-6-18(17(24)11-15)27-7-9-28(10-8-27)19(30)14-34-20(31)25-4/h5-6,11,16H,7-10,12-14H2,1-4H3,(H,25,31)(H,26,32). The smallest absolute Gasteiger partial charge is 0.414 e. The number of anilines is 2. The Balaban J connectivity index is 1.52. The summed E-state index contributed by atoms with van der Waals surface area (Å²) < 4.78 is 30.2. The Bertz CT molecular complexity index is 992. The highest BCUT2D eigenvalue weighted by molar-refractivity contribution is 5.90. The molecule has 0 spiro atoms. The second-order valence-electron chi connectivity index (χ2n) is 9.33. The molecule has 3 rings (SSSR count). The summed E-state index contributed by atoms with van der Waals surface area (Å²) in [5, 5.41) is 4.83. The van der Waals surface area contributed by atoms with E-state index in [2.05, 4.69) is 10.6 Å². The summed E-state index contributed by atoms with van der Waals surface area (Å²) in [7, 11) is 1.40. The number of carbonyl (C=O) groups excluding carboxylic acids is 4. The van der Waals surface area contributed by atoms with Gasteiger partial charge < -0.3 is 34.6 Å². The summed E-state index contributed by atoms with van der Waals surface area (Å²) in [6.45, 7) is 6.57. The molecule has 0 radical (unpaired) electrons. The first kappa shape index (κ1) is 26.8. The van der Waals surface area contributed by atoms with Crippen LogP contribution in [0.2, 0.25) is 0 Å². The molecule has 0 aromatic heterocycles. The second kappa shape index (κ2) is 11.3. The van der Waals surface area contributed by atoms with E-state index in [9.17, 15) is 23.6 Å². The lowest BCUT2D eigenvalue weighted by atomic mass is 10.2. The van der Waals surface area contributed by atoms with Gasteiger partial charge in [0.15, 0.2) is 6.61 Å². The number of hydrogen-bond acceptors (Lipinski definition) is 8. The SMILES string of the molecule is CNC(=O)OCC(=O)N1CCN(c2ccc(N3CC(CNC(=O)OC(C)(C)C)OC3=O)cc2F)CC1. The zero-order valence-corrected chi connectivity index (χ0v) is 20.8. The van der Waals surface area contributed by atoms with Gasteiger partial charge in [0.1, 0.15) is 17.5 Å². The molecule has 12 nitrogen and oxygen atoms in total. The molecule has 0 saturated carbocycles. The van der Waals surface area contributed by atoms with Crippen LogP contribution in [0.4, 0.5) is 30.1 Å². The molecule has 2 aliphatic rings. The van der Waals surface area contributed by atoms with Crippen molar-refractivity contribution in [1.29, 1.82) is 0 Å². The predicted octanol–water partition coefficient (Wildman–Crippen LogP) is 1.68. The van der Waals surface area contributed by atoms with Gasteiger partial charge in [0.2, 0.25) is 0 Å². The van der Waals surface area contributed by atoms with Gasteiger partial charge in [-0.2, -0.15) is 0 Å². The molecule has 198 valence electrons. The van der Waals surface area contributed by atoms with Gasteiger partial charge in [-0.25, -0.2) is 18.8 Å². The van der Waals surface area contributed by atoms with Gasteiger partial charge in [-0.15, -0.1) is 0 Å². The minimum absolute atomic E-state index is 0.0644. The molecule has 1 unspecified atom stereocenters. The molecule has 13 heteroatoms. The fourth-order valence-corrected chi connectivity index (χ4v) is 3.76. The van der Waals surface area contributed by atoms with Crippen molar-refractivity contribution in [2.75, 3.05) is 62.7 Å². The minimum atomic E-state index is -0.684. The molecule has 1 aromatic rings. The summed E-state index contributed by atoms with van der Waals surface area (Å²) in [6, 6.07) is 4.46. The third-order valence-electron chi connectivity index (χ3n) is 5.49. The largest absolute Gasteiger partial charge is 0.444 e. The number of nitrogens with zero attached hydrogens (tertiary/aromatic N) is 3. The highest BCUT2D eigenvalue weighted by Crippen LogP contribution is 2.28. The van der Waals surface area contributed by atoms with Crippen LogP contribution in [0.15, 0.2) is 18.2 Å². The van der Waals surface area contributed by atoms with E-state index in [0.29, 0.717) is 37.6 Å². The van der Waals surface area contributed by atoms with Crippen LogP contribution in [0.3, 0.4) is 0 Å². The number of benzene rings is 1. The van der Waals surface area contributed by atoms with Crippen molar-refractivity contribution < 1.29 is 37.8 Å². The van der Waals surface area contributed by atoms with E-state index < -0.39 is 35.8 Å². The number of piperazine rings is 1. The summed E-state index contributed by atoms with van der Waals surface area (Å²) in [6.07, 6.45) is -2.54. The summed E-state index contributed by atoms with van der Waals surface area (Å²) in [5.41, 5.74) is 0.0369. The number of nitrogens with one attached hydrogen (secondary N) is 2. The van der Waals surface area contributed by atoms with Crippen LogP contribution in [-0.2, 0) is 19.0 Å². The summed E-state index contributed by atoms with van der Waals surface area (Å²) in [4.78, 5) is 52.1. The Morgan fingerprint density at radius 2 is 1.83 bits per heavy atom. The van der Waals surface area contributed by atoms with Gasteiger partial charge in [0.25, 0.3) is 5.91 Å². The lowest BCUT2D eigenvalue weighted by Crippen LogP contribution is -2.50. The molecule has 1 aromatic carbocycles. The van der Waals surface area contributed by atoms with Crippen LogP contribution >= 0.6 is 0 Å². The van der Waals surface area contributed by atoms with Crippen molar-refractivity contribution in [3.8, 4) is 0 Å². The van der Waals surface area contributed by atoms with Crippen LogP contribution in [-0.4, -0.2) is 93.7 Å². The van der Waals surface area contributed by atoms with E-state index in [1.165, 1.54) is 18.0 Å². The number of alkyl carbamates (subject to hydrolysis) is 2. The van der Waals surface area contributed by atoms with Gasteiger partial charge in [-0.05, 0) is 39.0 Å². The van der Waals surface area contributed by atoms with E-state index in [0.717, 1.165) is 0 Å². The van der Waals surface area contributed by atoms with Crippen molar-refractivity contribution in [1.82, 2.24) is 15.5 Å². The molecule has 0 bridgehead atoms.